The predicted octanol–water partition coefficient (Wildman–Crippen LogP) is 2.12. The summed E-state index contributed by atoms with van der Waals surface area (Å²) < 4.78 is 5.48. The van der Waals surface area contributed by atoms with Crippen LogP contribution in [0.1, 0.15) is 37.8 Å². The molecule has 2 fully saturated rings. The highest BCUT2D eigenvalue weighted by Gasteiger charge is 2.32. The van der Waals surface area contributed by atoms with Crippen LogP contribution in [-0.2, 0) is 4.79 Å². The molecule has 1 aromatic rings. The smallest absolute Gasteiger partial charge is 0.325 e. The van der Waals surface area contributed by atoms with Gasteiger partial charge in [0.25, 0.3) is 0 Å². The molecule has 0 spiro atoms. The molecule has 6 heteroatoms. The highest BCUT2D eigenvalue weighted by atomic mass is 16.5. The maximum absolute atomic E-state index is 12.0. The normalized spacial score (nSPS) is 22.3. The van der Waals surface area contributed by atoms with E-state index in [2.05, 4.69) is 22.3 Å². The van der Waals surface area contributed by atoms with Crippen molar-refractivity contribution in [2.45, 2.75) is 32.2 Å². The molecule has 2 aliphatic rings. The minimum atomic E-state index is -0.279. The summed E-state index contributed by atoms with van der Waals surface area (Å²) in [6, 6.07) is 8.08. The van der Waals surface area contributed by atoms with E-state index in [9.17, 15) is 9.59 Å². The fraction of sp³-hybridized carbons (Fsp3) is 0.529. The molecule has 2 heterocycles. The van der Waals surface area contributed by atoms with Gasteiger partial charge in [-0.1, -0.05) is 12.1 Å². The lowest BCUT2D eigenvalue weighted by atomic mass is 10.0. The predicted molar refractivity (Wildman–Crippen MR) is 86.0 cm³/mol. The monoisotopic (exact) mass is 317 g/mol. The number of likely N-dealkylation sites (tertiary alicyclic amines) is 1. The number of hydrogen-bond donors (Lipinski definition) is 1. The molecule has 2 aliphatic heterocycles. The summed E-state index contributed by atoms with van der Waals surface area (Å²) in [5.74, 6) is 0.775. The van der Waals surface area contributed by atoms with Crippen LogP contribution in [-0.4, -0.2) is 48.1 Å². The van der Waals surface area contributed by atoms with Crippen LogP contribution in [0, 0.1) is 0 Å². The lowest BCUT2D eigenvalue weighted by Gasteiger charge is -2.32. The molecule has 0 bridgehead atoms. The lowest BCUT2D eigenvalue weighted by molar-refractivity contribution is -0.131. The SMILES string of the molecule is CCOc1ccc([C@H]2CCCN2CN2C(=O)CCNC2=O)cc1. The number of imide groups is 1. The topological polar surface area (TPSA) is 61.9 Å². The largest absolute Gasteiger partial charge is 0.494 e. The number of carbonyl (C=O) groups excluding carboxylic acids is 2. The van der Waals surface area contributed by atoms with E-state index in [0.29, 0.717) is 26.2 Å². The Kier molecular flexibility index (Phi) is 4.81. The minimum absolute atomic E-state index is 0.0916. The van der Waals surface area contributed by atoms with Crippen LogP contribution in [0.15, 0.2) is 24.3 Å². The molecule has 1 aromatic carbocycles. The number of nitrogens with one attached hydrogen (secondary N) is 1. The molecule has 124 valence electrons. The zero-order chi connectivity index (χ0) is 16.2. The summed E-state index contributed by atoms with van der Waals surface area (Å²) in [6.07, 6.45) is 2.49. The molecule has 2 saturated heterocycles. The van der Waals surface area contributed by atoms with Crippen molar-refractivity contribution in [2.24, 2.45) is 0 Å². The molecular weight excluding hydrogens is 294 g/mol. The van der Waals surface area contributed by atoms with Gasteiger partial charge in [-0.3, -0.25) is 14.6 Å². The van der Waals surface area contributed by atoms with Gasteiger partial charge < -0.3 is 10.1 Å². The molecule has 1 atom stereocenters. The van der Waals surface area contributed by atoms with Crippen molar-refractivity contribution in [3.8, 4) is 5.75 Å². The Morgan fingerprint density at radius 3 is 2.74 bits per heavy atom. The van der Waals surface area contributed by atoms with Crippen molar-refractivity contribution in [2.75, 3.05) is 26.4 Å². The third kappa shape index (κ3) is 3.47. The van der Waals surface area contributed by atoms with Gasteiger partial charge in [-0.25, -0.2) is 4.79 Å². The van der Waals surface area contributed by atoms with Crippen molar-refractivity contribution in [3.63, 3.8) is 0 Å². The van der Waals surface area contributed by atoms with Gasteiger partial charge in [0.2, 0.25) is 5.91 Å². The van der Waals surface area contributed by atoms with E-state index in [1.165, 1.54) is 10.5 Å². The summed E-state index contributed by atoms with van der Waals surface area (Å²) in [5, 5.41) is 2.74. The first-order chi connectivity index (χ1) is 11.2. The molecule has 0 radical (unpaired) electrons. The van der Waals surface area contributed by atoms with Crippen molar-refractivity contribution in [3.05, 3.63) is 29.8 Å². The summed E-state index contributed by atoms with van der Waals surface area (Å²) in [6.45, 7) is 4.32. The number of carbonyl (C=O) groups is 2. The second-order valence-electron chi connectivity index (χ2n) is 5.92. The summed E-state index contributed by atoms with van der Waals surface area (Å²) in [5.41, 5.74) is 1.20. The number of hydrogen-bond acceptors (Lipinski definition) is 4. The van der Waals surface area contributed by atoms with E-state index < -0.39 is 0 Å². The Morgan fingerprint density at radius 2 is 2.04 bits per heavy atom. The third-order valence-corrected chi connectivity index (χ3v) is 4.42. The second kappa shape index (κ2) is 7.00. The van der Waals surface area contributed by atoms with Gasteiger partial charge in [0.15, 0.2) is 0 Å². The van der Waals surface area contributed by atoms with Gasteiger partial charge in [-0.15, -0.1) is 0 Å². The Labute approximate surface area is 136 Å². The fourth-order valence-corrected chi connectivity index (χ4v) is 3.27. The van der Waals surface area contributed by atoms with Gasteiger partial charge in [0.05, 0.1) is 13.3 Å². The molecule has 0 aliphatic carbocycles. The van der Waals surface area contributed by atoms with Crippen LogP contribution in [0.5, 0.6) is 5.75 Å². The Hall–Kier alpha value is -2.08. The molecule has 0 unspecified atom stereocenters. The fourth-order valence-electron chi connectivity index (χ4n) is 3.27. The van der Waals surface area contributed by atoms with Gasteiger partial charge in [0.1, 0.15) is 5.75 Å². The van der Waals surface area contributed by atoms with Crippen molar-refractivity contribution >= 4 is 11.9 Å². The zero-order valence-corrected chi connectivity index (χ0v) is 13.5. The number of amides is 3. The second-order valence-corrected chi connectivity index (χ2v) is 5.92. The maximum atomic E-state index is 12.0. The van der Waals surface area contributed by atoms with Crippen LogP contribution in [0.4, 0.5) is 4.79 Å². The first kappa shape index (κ1) is 15.8. The Bertz CT molecular complexity index is 557. The van der Waals surface area contributed by atoms with E-state index in [4.69, 9.17) is 4.74 Å². The molecule has 3 rings (SSSR count). The van der Waals surface area contributed by atoms with Crippen LogP contribution < -0.4 is 10.1 Å². The third-order valence-electron chi connectivity index (χ3n) is 4.42. The number of rotatable bonds is 5. The standard InChI is InChI=1S/C17H23N3O3/c1-2-23-14-7-5-13(6-8-14)15-4-3-11-19(15)12-20-16(21)9-10-18-17(20)22/h5-8,15H,2-4,9-12H2,1H3,(H,18,22)/t15-/m1/s1. The van der Waals surface area contributed by atoms with E-state index in [1.807, 2.05) is 19.1 Å². The van der Waals surface area contributed by atoms with E-state index in [0.717, 1.165) is 25.1 Å². The van der Waals surface area contributed by atoms with Crippen LogP contribution >= 0.6 is 0 Å². The highest BCUT2D eigenvalue weighted by molar-refractivity contribution is 5.96. The first-order valence-corrected chi connectivity index (χ1v) is 8.24. The molecule has 23 heavy (non-hydrogen) atoms. The number of urea groups is 1. The van der Waals surface area contributed by atoms with Crippen LogP contribution in [0.25, 0.3) is 0 Å². The number of nitrogens with zero attached hydrogens (tertiary/aromatic N) is 2. The van der Waals surface area contributed by atoms with Crippen molar-refractivity contribution < 1.29 is 14.3 Å². The minimum Gasteiger partial charge on any atom is -0.494 e. The average molecular weight is 317 g/mol. The number of benzene rings is 1. The maximum Gasteiger partial charge on any atom is 0.325 e. The lowest BCUT2D eigenvalue weighted by Crippen LogP contribution is -2.53. The van der Waals surface area contributed by atoms with E-state index in [-0.39, 0.29) is 18.0 Å². The zero-order valence-electron chi connectivity index (χ0n) is 13.5. The van der Waals surface area contributed by atoms with Crippen molar-refractivity contribution in [1.82, 2.24) is 15.1 Å². The van der Waals surface area contributed by atoms with Crippen LogP contribution in [0.2, 0.25) is 0 Å². The summed E-state index contributed by atoms with van der Waals surface area (Å²) >= 11 is 0. The molecule has 0 aromatic heterocycles. The van der Waals surface area contributed by atoms with E-state index >= 15 is 0 Å². The summed E-state index contributed by atoms with van der Waals surface area (Å²) in [7, 11) is 0. The molecule has 3 amide bonds. The van der Waals surface area contributed by atoms with Crippen LogP contribution in [0.3, 0.4) is 0 Å². The molecule has 0 saturated carbocycles. The Balaban J connectivity index is 1.69. The van der Waals surface area contributed by atoms with Gasteiger partial charge in [-0.2, -0.15) is 0 Å². The Morgan fingerprint density at radius 1 is 1.26 bits per heavy atom. The highest BCUT2D eigenvalue weighted by Crippen LogP contribution is 2.33. The quantitative estimate of drug-likeness (QED) is 0.903. The van der Waals surface area contributed by atoms with E-state index in [1.54, 1.807) is 0 Å². The molecule has 1 N–H and O–H groups in total. The number of ether oxygens (including phenoxy) is 1. The van der Waals surface area contributed by atoms with Gasteiger partial charge in [-0.05, 0) is 37.5 Å². The molecule has 6 nitrogen and oxygen atoms in total. The first-order valence-electron chi connectivity index (χ1n) is 8.24. The van der Waals surface area contributed by atoms with Gasteiger partial charge >= 0.3 is 6.03 Å². The van der Waals surface area contributed by atoms with Gasteiger partial charge in [0, 0.05) is 25.6 Å². The molecular formula is C17H23N3O3. The van der Waals surface area contributed by atoms with Crippen molar-refractivity contribution in [1.29, 1.82) is 0 Å². The average Bonchev–Trinajstić information content (AvgIpc) is 3.00. The summed E-state index contributed by atoms with van der Waals surface area (Å²) in [4.78, 5) is 27.4.